The van der Waals surface area contributed by atoms with Crippen molar-refractivity contribution >= 4 is 34.1 Å². The maximum absolute atomic E-state index is 11.3. The molecule has 1 aromatic rings. The SMILES string of the molecule is N#CCCCSCC(=O)Nc1nccs1. The number of nitriles is 1. The summed E-state index contributed by atoms with van der Waals surface area (Å²) in [5.41, 5.74) is 0. The summed E-state index contributed by atoms with van der Waals surface area (Å²) >= 11 is 2.94. The standard InChI is InChI=1S/C9H11N3OS2/c10-3-1-2-5-14-7-8(13)12-9-11-4-6-15-9/h4,6H,1-2,5,7H2,(H,11,12,13). The van der Waals surface area contributed by atoms with Crippen LogP contribution in [-0.4, -0.2) is 22.4 Å². The van der Waals surface area contributed by atoms with Crippen LogP contribution in [0.5, 0.6) is 0 Å². The van der Waals surface area contributed by atoms with Gasteiger partial charge in [0.05, 0.1) is 11.8 Å². The van der Waals surface area contributed by atoms with Crippen LogP contribution in [0.2, 0.25) is 0 Å². The van der Waals surface area contributed by atoms with Gasteiger partial charge in [-0.3, -0.25) is 4.79 Å². The highest BCUT2D eigenvalue weighted by Crippen LogP contribution is 2.11. The molecule has 0 atom stereocenters. The largest absolute Gasteiger partial charge is 0.301 e. The molecule has 0 radical (unpaired) electrons. The molecule has 0 aliphatic rings. The highest BCUT2D eigenvalue weighted by molar-refractivity contribution is 7.99. The van der Waals surface area contributed by atoms with Crippen molar-refractivity contribution in [2.24, 2.45) is 0 Å². The Balaban J connectivity index is 2.07. The summed E-state index contributed by atoms with van der Waals surface area (Å²) in [5, 5.41) is 13.4. The molecule has 0 saturated heterocycles. The van der Waals surface area contributed by atoms with Crippen molar-refractivity contribution in [2.45, 2.75) is 12.8 Å². The average Bonchev–Trinajstić information content (AvgIpc) is 2.70. The minimum absolute atomic E-state index is 0.0353. The summed E-state index contributed by atoms with van der Waals surface area (Å²) in [4.78, 5) is 15.3. The molecule has 1 aromatic heterocycles. The molecule has 1 rings (SSSR count). The van der Waals surface area contributed by atoms with Gasteiger partial charge in [-0.05, 0) is 12.2 Å². The monoisotopic (exact) mass is 241 g/mol. The fourth-order valence-electron chi connectivity index (χ4n) is 0.859. The van der Waals surface area contributed by atoms with Crippen LogP contribution in [0.4, 0.5) is 5.13 Å². The Morgan fingerprint density at radius 2 is 2.60 bits per heavy atom. The average molecular weight is 241 g/mol. The molecule has 80 valence electrons. The van der Waals surface area contributed by atoms with Gasteiger partial charge >= 0.3 is 0 Å². The first-order valence-electron chi connectivity index (χ1n) is 4.47. The lowest BCUT2D eigenvalue weighted by molar-refractivity contribution is -0.113. The van der Waals surface area contributed by atoms with Gasteiger partial charge in [-0.25, -0.2) is 4.98 Å². The third-order valence-corrected chi connectivity index (χ3v) is 3.22. The molecule has 0 unspecified atom stereocenters. The number of amides is 1. The Morgan fingerprint density at radius 3 is 3.27 bits per heavy atom. The van der Waals surface area contributed by atoms with E-state index in [-0.39, 0.29) is 5.91 Å². The van der Waals surface area contributed by atoms with E-state index in [4.69, 9.17) is 5.26 Å². The smallest absolute Gasteiger partial charge is 0.236 e. The summed E-state index contributed by atoms with van der Waals surface area (Å²) in [6, 6.07) is 2.07. The summed E-state index contributed by atoms with van der Waals surface area (Å²) in [6.07, 6.45) is 3.05. The molecule has 0 fully saturated rings. The van der Waals surface area contributed by atoms with Gasteiger partial charge in [0.1, 0.15) is 0 Å². The van der Waals surface area contributed by atoms with E-state index >= 15 is 0 Å². The number of unbranched alkanes of at least 4 members (excludes halogenated alkanes) is 1. The van der Waals surface area contributed by atoms with Gasteiger partial charge in [-0.1, -0.05) is 0 Å². The van der Waals surface area contributed by atoms with Gasteiger partial charge in [0, 0.05) is 18.0 Å². The maximum Gasteiger partial charge on any atom is 0.236 e. The number of nitrogens with one attached hydrogen (secondary N) is 1. The fraction of sp³-hybridized carbons (Fsp3) is 0.444. The third kappa shape index (κ3) is 5.40. The van der Waals surface area contributed by atoms with Crippen molar-refractivity contribution < 1.29 is 4.79 Å². The van der Waals surface area contributed by atoms with Gasteiger partial charge in [0.2, 0.25) is 5.91 Å². The van der Waals surface area contributed by atoms with Crippen molar-refractivity contribution in [3.05, 3.63) is 11.6 Å². The van der Waals surface area contributed by atoms with Gasteiger partial charge in [-0.15, -0.1) is 11.3 Å². The minimum Gasteiger partial charge on any atom is -0.301 e. The number of hydrogen-bond donors (Lipinski definition) is 1. The van der Waals surface area contributed by atoms with Crippen LogP contribution in [0, 0.1) is 11.3 Å². The molecule has 0 saturated carbocycles. The lowest BCUT2D eigenvalue weighted by Gasteiger charge is -2.00. The number of thioether (sulfide) groups is 1. The number of anilines is 1. The maximum atomic E-state index is 11.3. The van der Waals surface area contributed by atoms with E-state index in [2.05, 4.69) is 16.4 Å². The molecular weight excluding hydrogens is 230 g/mol. The first kappa shape index (κ1) is 12.0. The number of nitrogens with zero attached hydrogens (tertiary/aromatic N) is 2. The minimum atomic E-state index is -0.0353. The lowest BCUT2D eigenvalue weighted by atomic mass is 10.4. The topological polar surface area (TPSA) is 65.8 Å². The second kappa shape index (κ2) is 7.26. The van der Waals surface area contributed by atoms with Crippen LogP contribution in [-0.2, 0) is 4.79 Å². The third-order valence-electron chi connectivity index (χ3n) is 1.49. The summed E-state index contributed by atoms with van der Waals surface area (Å²) in [7, 11) is 0. The number of carbonyl (C=O) groups is 1. The number of rotatable bonds is 6. The number of hydrogen-bond acceptors (Lipinski definition) is 5. The molecule has 6 heteroatoms. The molecule has 0 bridgehead atoms. The highest BCUT2D eigenvalue weighted by Gasteiger charge is 2.03. The summed E-state index contributed by atoms with van der Waals surface area (Å²) in [5.74, 6) is 1.23. The normalized spacial score (nSPS) is 9.53. The fourth-order valence-corrected chi connectivity index (χ4v) is 2.15. The van der Waals surface area contributed by atoms with E-state index in [0.29, 0.717) is 17.3 Å². The van der Waals surface area contributed by atoms with Crippen LogP contribution in [0.25, 0.3) is 0 Å². The zero-order chi connectivity index (χ0) is 10.9. The Kier molecular flexibility index (Phi) is 5.81. The molecule has 0 spiro atoms. The van der Waals surface area contributed by atoms with Gasteiger partial charge in [-0.2, -0.15) is 17.0 Å². The molecule has 1 amide bonds. The Bertz CT molecular complexity index is 332. The van der Waals surface area contributed by atoms with Gasteiger partial charge in [0.25, 0.3) is 0 Å². The Hall–Kier alpha value is -1.06. The number of aromatic nitrogens is 1. The highest BCUT2D eigenvalue weighted by atomic mass is 32.2. The Morgan fingerprint density at radius 1 is 1.73 bits per heavy atom. The molecular formula is C9H11N3OS2. The van der Waals surface area contributed by atoms with Crippen LogP contribution in [0.3, 0.4) is 0 Å². The van der Waals surface area contributed by atoms with Gasteiger partial charge in [0.15, 0.2) is 5.13 Å². The Labute approximate surface area is 96.7 Å². The van der Waals surface area contributed by atoms with E-state index in [1.54, 1.807) is 6.20 Å². The number of carbonyl (C=O) groups excluding carboxylic acids is 1. The summed E-state index contributed by atoms with van der Waals surface area (Å²) in [6.45, 7) is 0. The van der Waals surface area contributed by atoms with Crippen LogP contribution >= 0.6 is 23.1 Å². The zero-order valence-electron chi connectivity index (χ0n) is 8.10. The van der Waals surface area contributed by atoms with E-state index in [0.717, 1.165) is 12.2 Å². The molecule has 0 aliphatic carbocycles. The molecule has 15 heavy (non-hydrogen) atoms. The van der Waals surface area contributed by atoms with Crippen molar-refractivity contribution in [1.29, 1.82) is 5.26 Å². The van der Waals surface area contributed by atoms with Crippen LogP contribution in [0.15, 0.2) is 11.6 Å². The zero-order valence-corrected chi connectivity index (χ0v) is 9.74. The second-order valence-corrected chi connectivity index (χ2v) is 4.70. The molecule has 0 aromatic carbocycles. The van der Waals surface area contributed by atoms with E-state index in [1.807, 2.05) is 5.38 Å². The van der Waals surface area contributed by atoms with E-state index in [1.165, 1.54) is 23.1 Å². The predicted octanol–water partition coefficient (Wildman–Crippen LogP) is 2.12. The second-order valence-electron chi connectivity index (χ2n) is 2.70. The van der Waals surface area contributed by atoms with Crippen molar-refractivity contribution in [3.63, 3.8) is 0 Å². The van der Waals surface area contributed by atoms with Crippen molar-refractivity contribution in [3.8, 4) is 6.07 Å². The molecule has 4 nitrogen and oxygen atoms in total. The van der Waals surface area contributed by atoms with Crippen LogP contribution < -0.4 is 5.32 Å². The van der Waals surface area contributed by atoms with Crippen LogP contribution in [0.1, 0.15) is 12.8 Å². The molecule has 1 N–H and O–H groups in total. The quantitative estimate of drug-likeness (QED) is 0.775. The van der Waals surface area contributed by atoms with Crippen molar-refractivity contribution in [2.75, 3.05) is 16.8 Å². The van der Waals surface area contributed by atoms with Gasteiger partial charge < -0.3 is 5.32 Å². The van der Waals surface area contributed by atoms with Crippen molar-refractivity contribution in [1.82, 2.24) is 4.98 Å². The molecule has 0 aliphatic heterocycles. The first-order valence-corrected chi connectivity index (χ1v) is 6.50. The van der Waals surface area contributed by atoms with E-state index < -0.39 is 0 Å². The number of thiazole rings is 1. The molecule has 1 heterocycles. The lowest BCUT2D eigenvalue weighted by Crippen LogP contribution is -2.14. The predicted molar refractivity (Wildman–Crippen MR) is 62.9 cm³/mol. The first-order chi connectivity index (χ1) is 7.33. The van der Waals surface area contributed by atoms with E-state index in [9.17, 15) is 4.79 Å². The summed E-state index contributed by atoms with van der Waals surface area (Å²) < 4.78 is 0.